The van der Waals surface area contributed by atoms with Gasteiger partial charge in [0.05, 0.1) is 5.75 Å². The molecule has 0 radical (unpaired) electrons. The highest BCUT2D eigenvalue weighted by Gasteiger charge is 2.14. The number of pyridine rings is 1. The fourth-order valence-electron chi connectivity index (χ4n) is 1.51. The fraction of sp³-hybridized carbons (Fsp3) is 0.615. The van der Waals surface area contributed by atoms with Gasteiger partial charge in [0.2, 0.25) is 10.0 Å². The second-order valence-corrected chi connectivity index (χ2v) is 7.73. The van der Waals surface area contributed by atoms with Crippen LogP contribution in [0.15, 0.2) is 12.3 Å². The van der Waals surface area contributed by atoms with E-state index in [4.69, 9.17) is 0 Å². The van der Waals surface area contributed by atoms with Gasteiger partial charge in [-0.1, -0.05) is 0 Å². The maximum atomic E-state index is 14.2. The van der Waals surface area contributed by atoms with Crippen molar-refractivity contribution in [3.05, 3.63) is 23.6 Å². The van der Waals surface area contributed by atoms with Crippen LogP contribution < -0.4 is 15.4 Å². The van der Waals surface area contributed by atoms with Gasteiger partial charge in [0.15, 0.2) is 11.6 Å². The number of anilines is 1. The summed E-state index contributed by atoms with van der Waals surface area (Å²) in [4.78, 5) is 3.90. The van der Waals surface area contributed by atoms with Crippen molar-refractivity contribution in [1.82, 2.24) is 15.0 Å². The zero-order chi connectivity index (χ0) is 16.1. The zero-order valence-corrected chi connectivity index (χ0v) is 13.6. The van der Waals surface area contributed by atoms with Crippen molar-refractivity contribution in [3.8, 4) is 0 Å². The minimum Gasteiger partial charge on any atom is -0.367 e. The van der Waals surface area contributed by atoms with Crippen molar-refractivity contribution in [2.45, 2.75) is 32.9 Å². The lowest BCUT2D eigenvalue weighted by atomic mass is 10.1. The Morgan fingerprint density at radius 2 is 2.00 bits per heavy atom. The molecule has 1 aromatic rings. The predicted octanol–water partition coefficient (Wildman–Crippen LogP) is 1.07. The van der Waals surface area contributed by atoms with Gasteiger partial charge in [-0.3, -0.25) is 0 Å². The lowest BCUT2D eigenvalue weighted by molar-refractivity contribution is 0.418. The fourth-order valence-corrected chi connectivity index (χ4v) is 2.08. The second kappa shape index (κ2) is 7.15. The highest BCUT2D eigenvalue weighted by Crippen LogP contribution is 2.15. The van der Waals surface area contributed by atoms with Crippen molar-refractivity contribution >= 4 is 15.8 Å². The van der Waals surface area contributed by atoms with Crippen molar-refractivity contribution in [1.29, 1.82) is 0 Å². The number of aromatic nitrogens is 1. The van der Waals surface area contributed by atoms with E-state index in [1.54, 1.807) is 6.07 Å². The van der Waals surface area contributed by atoms with E-state index >= 15 is 0 Å². The Morgan fingerprint density at radius 3 is 2.57 bits per heavy atom. The van der Waals surface area contributed by atoms with E-state index in [0.29, 0.717) is 12.1 Å². The van der Waals surface area contributed by atoms with Crippen LogP contribution in [-0.2, 0) is 16.6 Å². The molecule has 1 aromatic heterocycles. The Hall–Kier alpha value is -1.25. The number of nitrogens with one attached hydrogen (secondary N) is 3. The quantitative estimate of drug-likeness (QED) is 0.700. The van der Waals surface area contributed by atoms with Crippen LogP contribution in [-0.4, -0.2) is 38.3 Å². The van der Waals surface area contributed by atoms with Gasteiger partial charge in [0, 0.05) is 30.4 Å². The second-order valence-electron chi connectivity index (χ2n) is 5.69. The van der Waals surface area contributed by atoms with Gasteiger partial charge in [-0.2, -0.15) is 0 Å². The van der Waals surface area contributed by atoms with Gasteiger partial charge in [0.1, 0.15) is 0 Å². The summed E-state index contributed by atoms with van der Waals surface area (Å²) in [5.41, 5.74) is 0.364. The Kier molecular flexibility index (Phi) is 6.06. The number of hydrogen-bond donors (Lipinski definition) is 3. The first-order valence-corrected chi connectivity index (χ1v) is 8.33. The molecule has 1 heterocycles. The first kappa shape index (κ1) is 17.8. The third-order valence-corrected chi connectivity index (χ3v) is 4.12. The monoisotopic (exact) mass is 318 g/mol. The normalized spacial score (nSPS) is 12.4. The molecule has 0 aliphatic heterocycles. The van der Waals surface area contributed by atoms with E-state index in [0.717, 1.165) is 0 Å². The Morgan fingerprint density at radius 1 is 1.33 bits per heavy atom. The molecule has 0 fully saturated rings. The third kappa shape index (κ3) is 6.36. The Bertz CT molecular complexity index is 570. The first-order chi connectivity index (χ1) is 9.64. The van der Waals surface area contributed by atoms with Crippen LogP contribution >= 0.6 is 0 Å². The van der Waals surface area contributed by atoms with E-state index < -0.39 is 15.8 Å². The lowest BCUT2D eigenvalue weighted by Gasteiger charge is -2.21. The average molecular weight is 318 g/mol. The van der Waals surface area contributed by atoms with Crippen molar-refractivity contribution in [3.63, 3.8) is 0 Å². The topological polar surface area (TPSA) is 83.1 Å². The summed E-state index contributed by atoms with van der Waals surface area (Å²) < 4.78 is 39.0. The van der Waals surface area contributed by atoms with Gasteiger partial charge in [-0.25, -0.2) is 22.5 Å². The number of sulfonamides is 1. The van der Waals surface area contributed by atoms with Crippen LogP contribution in [0.2, 0.25) is 0 Å². The van der Waals surface area contributed by atoms with Gasteiger partial charge < -0.3 is 10.6 Å². The molecule has 0 aliphatic carbocycles. The SMILES string of the molecule is CNS(=O)(=O)CCNc1nccc(CNC(C)(C)C)c1F. The molecular formula is C13H23FN4O2S. The van der Waals surface area contributed by atoms with E-state index in [2.05, 4.69) is 20.3 Å². The van der Waals surface area contributed by atoms with Crippen LogP contribution in [0, 0.1) is 5.82 Å². The van der Waals surface area contributed by atoms with Gasteiger partial charge in [0.25, 0.3) is 0 Å². The molecule has 120 valence electrons. The highest BCUT2D eigenvalue weighted by molar-refractivity contribution is 7.89. The predicted molar refractivity (Wildman–Crippen MR) is 82.1 cm³/mol. The van der Waals surface area contributed by atoms with Gasteiger partial charge in [-0.05, 0) is 33.9 Å². The summed E-state index contributed by atoms with van der Waals surface area (Å²) in [5, 5.41) is 5.90. The summed E-state index contributed by atoms with van der Waals surface area (Å²) >= 11 is 0. The van der Waals surface area contributed by atoms with Crippen molar-refractivity contribution in [2.24, 2.45) is 0 Å². The molecule has 0 bridgehead atoms. The Labute approximate surface area is 125 Å². The molecule has 0 saturated carbocycles. The summed E-state index contributed by atoms with van der Waals surface area (Å²) in [6, 6.07) is 1.60. The van der Waals surface area contributed by atoms with E-state index in [-0.39, 0.29) is 23.7 Å². The highest BCUT2D eigenvalue weighted by atomic mass is 32.2. The molecule has 0 saturated heterocycles. The number of nitrogens with zero attached hydrogens (tertiary/aromatic N) is 1. The molecule has 0 spiro atoms. The molecule has 3 N–H and O–H groups in total. The minimum atomic E-state index is -3.32. The first-order valence-electron chi connectivity index (χ1n) is 6.68. The molecule has 0 unspecified atom stereocenters. The minimum absolute atomic E-state index is 0.0644. The summed E-state index contributed by atoms with van der Waals surface area (Å²) in [7, 11) is -1.98. The third-order valence-electron chi connectivity index (χ3n) is 2.75. The van der Waals surface area contributed by atoms with Gasteiger partial charge >= 0.3 is 0 Å². The molecule has 6 nitrogen and oxygen atoms in total. The Balaban J connectivity index is 2.68. The van der Waals surface area contributed by atoms with Crippen molar-refractivity contribution in [2.75, 3.05) is 24.7 Å². The lowest BCUT2D eigenvalue weighted by Crippen LogP contribution is -2.35. The zero-order valence-electron chi connectivity index (χ0n) is 12.8. The van der Waals surface area contributed by atoms with Crippen LogP contribution in [0.25, 0.3) is 0 Å². The molecule has 1 rings (SSSR count). The van der Waals surface area contributed by atoms with Gasteiger partial charge in [-0.15, -0.1) is 0 Å². The largest absolute Gasteiger partial charge is 0.367 e. The molecule has 0 atom stereocenters. The van der Waals surface area contributed by atoms with Crippen LogP contribution in [0.4, 0.5) is 10.2 Å². The van der Waals surface area contributed by atoms with Crippen LogP contribution in [0.5, 0.6) is 0 Å². The van der Waals surface area contributed by atoms with E-state index in [1.165, 1.54) is 13.2 Å². The number of rotatable bonds is 7. The standard InChI is InChI=1S/C13H23FN4O2S/c1-13(2,3)18-9-10-5-6-16-12(11(10)14)17-7-8-21(19,20)15-4/h5-6,15,18H,7-9H2,1-4H3,(H,16,17). The van der Waals surface area contributed by atoms with Crippen molar-refractivity contribution < 1.29 is 12.8 Å². The summed E-state index contributed by atoms with van der Waals surface area (Å²) in [6.45, 7) is 6.44. The molecule has 8 heteroatoms. The molecule has 0 amide bonds. The molecular weight excluding hydrogens is 295 g/mol. The maximum Gasteiger partial charge on any atom is 0.213 e. The molecule has 0 aromatic carbocycles. The summed E-state index contributed by atoms with van der Waals surface area (Å²) in [6.07, 6.45) is 1.50. The van der Waals surface area contributed by atoms with E-state index in [9.17, 15) is 12.8 Å². The number of hydrogen-bond acceptors (Lipinski definition) is 5. The number of halogens is 1. The maximum absolute atomic E-state index is 14.2. The smallest absolute Gasteiger partial charge is 0.213 e. The molecule has 21 heavy (non-hydrogen) atoms. The summed E-state index contributed by atoms with van der Waals surface area (Å²) in [5.74, 6) is -0.541. The molecule has 0 aliphatic rings. The van der Waals surface area contributed by atoms with Crippen LogP contribution in [0.1, 0.15) is 26.3 Å². The van der Waals surface area contributed by atoms with Crippen LogP contribution in [0.3, 0.4) is 0 Å². The average Bonchev–Trinajstić information content (AvgIpc) is 2.38. The van der Waals surface area contributed by atoms with E-state index in [1.807, 2.05) is 20.8 Å².